The Kier molecular flexibility index (Phi) is 11.5. The molecule has 242 valence electrons. The van der Waals surface area contributed by atoms with Gasteiger partial charge < -0.3 is 25.3 Å². The zero-order chi connectivity index (χ0) is 33.2. The van der Waals surface area contributed by atoms with Crippen molar-refractivity contribution in [2.24, 2.45) is 0 Å². The topological polar surface area (TPSA) is 95.4 Å². The number of hydrogen-bond acceptors (Lipinski definition) is 6. The molecule has 1 aromatic heterocycles. The molecule has 0 saturated carbocycles. The fourth-order valence-corrected chi connectivity index (χ4v) is 6.13. The number of carbonyl (C=O) groups excluding carboxylic acids is 1. The number of anilines is 1. The van der Waals surface area contributed by atoms with Crippen molar-refractivity contribution in [2.45, 2.75) is 44.4 Å². The van der Waals surface area contributed by atoms with Crippen molar-refractivity contribution in [1.29, 1.82) is 0 Å². The molecule has 3 aromatic carbocycles. The zero-order valence-electron chi connectivity index (χ0n) is 26.0. The van der Waals surface area contributed by atoms with Crippen molar-refractivity contribution in [1.82, 2.24) is 9.88 Å². The van der Waals surface area contributed by atoms with Crippen LogP contribution in [0.5, 0.6) is 5.75 Å². The number of pyridine rings is 1. The van der Waals surface area contributed by atoms with Gasteiger partial charge in [0.2, 0.25) is 0 Å². The third-order valence-electron chi connectivity index (χ3n) is 8.29. The summed E-state index contributed by atoms with van der Waals surface area (Å²) in [7, 11) is 1.27. The van der Waals surface area contributed by atoms with E-state index in [1.807, 2.05) is 12.1 Å². The largest absolute Gasteiger partial charge is 1.00 e. The molecule has 0 radical (unpaired) electrons. The molecule has 0 bridgehead atoms. The Morgan fingerprint density at radius 1 is 1.06 bits per heavy atom. The third kappa shape index (κ3) is 7.40. The molecule has 5 rings (SSSR count). The Bertz CT molecular complexity index is 1810. The van der Waals surface area contributed by atoms with Gasteiger partial charge in [-0.15, -0.1) is 0 Å². The van der Waals surface area contributed by atoms with Gasteiger partial charge in [0.05, 0.1) is 30.3 Å². The zero-order valence-corrected chi connectivity index (χ0v) is 28.0. The molecule has 2 N–H and O–H groups in total. The van der Waals surface area contributed by atoms with Gasteiger partial charge in [-0.3, -0.25) is 9.36 Å². The van der Waals surface area contributed by atoms with Gasteiger partial charge in [-0.05, 0) is 55.6 Å². The number of nitrogens with one attached hydrogen (secondary N) is 2. The Balaban J connectivity index is 0.00000500. The van der Waals surface area contributed by atoms with E-state index < -0.39 is 59.0 Å². The predicted molar refractivity (Wildman–Crippen MR) is 161 cm³/mol. The summed E-state index contributed by atoms with van der Waals surface area (Å²) in [5, 5.41) is 17.5. The van der Waals surface area contributed by atoms with Gasteiger partial charge in [0.25, 0.3) is 5.56 Å². The molecule has 0 spiro atoms. The molecule has 0 aliphatic carbocycles. The fraction of sp³-hybridized carbons (Fsp3) is 0.294. The summed E-state index contributed by atoms with van der Waals surface area (Å²) >= 11 is 0. The average molecular weight is 664 g/mol. The van der Waals surface area contributed by atoms with Crippen molar-refractivity contribution >= 4 is 11.8 Å². The molecule has 0 saturated heterocycles. The number of fused-ring (bicyclic) bond motifs is 1. The second kappa shape index (κ2) is 15.0. The number of hydrogen-bond donors (Lipinski definition) is 2. The number of carbonyl (C=O) groups is 1. The molecule has 1 aliphatic rings. The van der Waals surface area contributed by atoms with Crippen molar-refractivity contribution in [3.05, 3.63) is 117 Å². The number of rotatable bonds is 11. The van der Waals surface area contributed by atoms with Crippen LogP contribution in [0.2, 0.25) is 0 Å². The van der Waals surface area contributed by atoms with Crippen molar-refractivity contribution in [2.75, 3.05) is 25.5 Å². The van der Waals surface area contributed by atoms with E-state index in [-0.39, 0.29) is 89.3 Å². The number of aliphatic carboxylic acids is 1. The number of alkyl halides is 3. The van der Waals surface area contributed by atoms with E-state index in [1.165, 1.54) is 36.8 Å². The van der Waals surface area contributed by atoms with E-state index in [4.69, 9.17) is 4.74 Å². The standard InChI is InChI=1S/C34H32F5N3O4.Na/c1-19-22(17-23-24(34(37,38)39)12-7-13-25(23)35)32-41-18-26(31(20-9-4-3-5-10-20)40-16-8-15-28(43)44)42(32)33(45)29(19)21-11-6-14-27(46-2)30(21)36;/h3-7,9-14,26,31,40-41H,8,15-18H2,1-2H3,(H,43,44);/q;+1/p-1/t26-,31?;/m1./s1. The Morgan fingerprint density at radius 2 is 1.77 bits per heavy atom. The molecule has 2 heterocycles. The normalized spacial score (nSPS) is 14.6. The van der Waals surface area contributed by atoms with Gasteiger partial charge in [-0.25, -0.2) is 8.78 Å². The molecule has 0 fully saturated rings. The number of carboxylic acid groups (broad SMARTS) is 1. The van der Waals surface area contributed by atoms with E-state index in [2.05, 4.69) is 10.6 Å². The number of carboxylic acids is 1. The maximum Gasteiger partial charge on any atom is 1.00 e. The molecule has 1 unspecified atom stereocenters. The van der Waals surface area contributed by atoms with Crippen LogP contribution in [0, 0.1) is 18.6 Å². The molecular weight excluding hydrogens is 632 g/mol. The van der Waals surface area contributed by atoms with Crippen LogP contribution in [0.15, 0.2) is 71.5 Å². The quantitative estimate of drug-likeness (QED) is 0.146. The smallest absolute Gasteiger partial charge is 0.550 e. The predicted octanol–water partition coefficient (Wildman–Crippen LogP) is 2.55. The molecular formula is C34H31F5N3NaO4. The second-order valence-electron chi connectivity index (χ2n) is 11.0. The first-order valence-electron chi connectivity index (χ1n) is 14.6. The first-order chi connectivity index (χ1) is 21.9. The molecule has 47 heavy (non-hydrogen) atoms. The molecule has 7 nitrogen and oxygen atoms in total. The van der Waals surface area contributed by atoms with Gasteiger partial charge in [0.15, 0.2) is 11.6 Å². The molecule has 13 heteroatoms. The number of ether oxygens (including phenoxy) is 1. The maximum atomic E-state index is 15.7. The van der Waals surface area contributed by atoms with Crippen LogP contribution >= 0.6 is 0 Å². The SMILES string of the molecule is COc1cccc(-c2c(C)c(Cc3c(F)cccc3C(F)(F)F)c3n(c2=O)[C@@H](C(NCCCC(=O)[O-])c2ccccc2)CN3)c1F.[Na+]. The van der Waals surface area contributed by atoms with Crippen LogP contribution < -0.4 is 55.6 Å². The van der Waals surface area contributed by atoms with E-state index >= 15 is 8.78 Å². The van der Waals surface area contributed by atoms with E-state index in [9.17, 15) is 27.9 Å². The first-order valence-corrected chi connectivity index (χ1v) is 14.6. The van der Waals surface area contributed by atoms with Crippen LogP contribution in [0.25, 0.3) is 11.1 Å². The third-order valence-corrected chi connectivity index (χ3v) is 8.29. The van der Waals surface area contributed by atoms with Crippen molar-refractivity contribution in [3.8, 4) is 16.9 Å². The van der Waals surface area contributed by atoms with Crippen LogP contribution in [0.3, 0.4) is 0 Å². The Labute approximate surface area is 290 Å². The Morgan fingerprint density at radius 3 is 2.43 bits per heavy atom. The number of benzene rings is 3. The average Bonchev–Trinajstić information content (AvgIpc) is 3.45. The number of methoxy groups -OCH3 is 1. The van der Waals surface area contributed by atoms with E-state index in [0.717, 1.165) is 23.8 Å². The second-order valence-corrected chi connectivity index (χ2v) is 11.0. The number of halogens is 5. The summed E-state index contributed by atoms with van der Waals surface area (Å²) in [4.78, 5) is 25.5. The van der Waals surface area contributed by atoms with Gasteiger partial charge >= 0.3 is 35.7 Å². The maximum absolute atomic E-state index is 15.7. The fourth-order valence-electron chi connectivity index (χ4n) is 6.13. The van der Waals surface area contributed by atoms with E-state index in [0.29, 0.717) is 0 Å². The molecule has 1 aliphatic heterocycles. The van der Waals surface area contributed by atoms with Crippen LogP contribution in [-0.2, 0) is 17.4 Å². The molecule has 2 atom stereocenters. The van der Waals surface area contributed by atoms with E-state index in [1.54, 1.807) is 18.2 Å². The summed E-state index contributed by atoms with van der Waals surface area (Å²) in [5.41, 5.74) is -1.46. The summed E-state index contributed by atoms with van der Waals surface area (Å²) in [6.07, 6.45) is -5.36. The van der Waals surface area contributed by atoms with Gasteiger partial charge in [-0.2, -0.15) is 13.2 Å². The Hall–Kier alpha value is -3.71. The summed E-state index contributed by atoms with van der Waals surface area (Å²) in [6.45, 7) is 1.89. The minimum atomic E-state index is -4.86. The van der Waals surface area contributed by atoms with Gasteiger partial charge in [0.1, 0.15) is 11.6 Å². The summed E-state index contributed by atoms with van der Waals surface area (Å²) in [6, 6.07) is 14.8. The van der Waals surface area contributed by atoms with Crippen LogP contribution in [0.4, 0.5) is 27.8 Å². The van der Waals surface area contributed by atoms with Crippen molar-refractivity contribution < 1.29 is 66.1 Å². The van der Waals surface area contributed by atoms with Crippen molar-refractivity contribution in [3.63, 3.8) is 0 Å². The minimum Gasteiger partial charge on any atom is -0.550 e. The molecule has 0 amide bonds. The van der Waals surface area contributed by atoms with Crippen LogP contribution in [0.1, 0.15) is 52.7 Å². The number of aromatic nitrogens is 1. The first kappa shape index (κ1) is 36.1. The number of nitrogens with zero attached hydrogens (tertiary/aromatic N) is 1. The van der Waals surface area contributed by atoms with Gasteiger partial charge in [0, 0.05) is 35.6 Å². The summed E-state index contributed by atoms with van der Waals surface area (Å²) in [5.74, 6) is -3.06. The monoisotopic (exact) mass is 663 g/mol. The minimum absolute atomic E-state index is 0. The van der Waals surface area contributed by atoms with Crippen LogP contribution in [-0.4, -0.2) is 30.7 Å². The summed E-state index contributed by atoms with van der Waals surface area (Å²) < 4.78 is 79.6. The van der Waals surface area contributed by atoms with Gasteiger partial charge in [-0.1, -0.05) is 48.5 Å². The molecule has 4 aromatic rings.